The summed E-state index contributed by atoms with van der Waals surface area (Å²) in [6, 6.07) is 0. The number of aliphatic hydroxyl groups excluding tert-OH is 1. The molecule has 0 saturated heterocycles. The molecule has 0 aromatic carbocycles. The van der Waals surface area contributed by atoms with E-state index >= 15 is 0 Å². The smallest absolute Gasteiger partial charge is 0.243 e. The highest BCUT2D eigenvalue weighted by Gasteiger charge is 2.31. The standard InChI is InChI=1S/C18H28N4O4/c1-5-14(23)19-10-9-18(11-20-15(24)6-2,12-21-16(25)7-3)13-22-17(26)8-4/h5-8,14,19,23H,1-4,9-13H2,(H,20,24)(H,21,25)(H,22,26). The van der Waals surface area contributed by atoms with Crippen molar-refractivity contribution in [3.8, 4) is 0 Å². The third-order valence-corrected chi connectivity index (χ3v) is 3.70. The molecule has 1 atom stereocenters. The zero-order valence-electron chi connectivity index (χ0n) is 14.9. The van der Waals surface area contributed by atoms with Crippen molar-refractivity contribution in [2.45, 2.75) is 12.6 Å². The van der Waals surface area contributed by atoms with Crippen LogP contribution in [0.25, 0.3) is 0 Å². The Labute approximate surface area is 154 Å². The van der Waals surface area contributed by atoms with Crippen molar-refractivity contribution >= 4 is 17.7 Å². The second-order valence-corrected chi connectivity index (χ2v) is 5.65. The Morgan fingerprint density at radius 1 is 0.846 bits per heavy atom. The van der Waals surface area contributed by atoms with E-state index in [0.717, 1.165) is 18.2 Å². The molecule has 0 saturated carbocycles. The molecule has 0 aliphatic heterocycles. The van der Waals surface area contributed by atoms with Crippen LogP contribution in [0.2, 0.25) is 0 Å². The number of hydrogen-bond donors (Lipinski definition) is 5. The van der Waals surface area contributed by atoms with Gasteiger partial charge in [0.05, 0.1) is 0 Å². The van der Waals surface area contributed by atoms with Crippen LogP contribution in [0.15, 0.2) is 50.6 Å². The van der Waals surface area contributed by atoms with Gasteiger partial charge in [-0.05, 0) is 37.3 Å². The van der Waals surface area contributed by atoms with Crippen LogP contribution in [0.5, 0.6) is 0 Å². The van der Waals surface area contributed by atoms with Crippen LogP contribution in [0.4, 0.5) is 0 Å². The molecular formula is C18H28N4O4. The Morgan fingerprint density at radius 2 is 1.23 bits per heavy atom. The van der Waals surface area contributed by atoms with Crippen molar-refractivity contribution in [3.63, 3.8) is 0 Å². The second kappa shape index (κ2) is 12.6. The van der Waals surface area contributed by atoms with E-state index in [2.05, 4.69) is 47.6 Å². The summed E-state index contributed by atoms with van der Waals surface area (Å²) in [7, 11) is 0. The van der Waals surface area contributed by atoms with Crippen LogP contribution < -0.4 is 21.3 Å². The first-order valence-electron chi connectivity index (χ1n) is 8.07. The molecule has 0 aromatic rings. The Morgan fingerprint density at radius 3 is 1.54 bits per heavy atom. The highest BCUT2D eigenvalue weighted by atomic mass is 16.3. The molecule has 144 valence electrons. The van der Waals surface area contributed by atoms with Gasteiger partial charge in [-0.15, -0.1) is 0 Å². The van der Waals surface area contributed by atoms with Crippen molar-refractivity contribution in [2.75, 3.05) is 26.2 Å². The first-order chi connectivity index (χ1) is 12.3. The van der Waals surface area contributed by atoms with Gasteiger partial charge in [-0.25, -0.2) is 0 Å². The molecule has 0 spiro atoms. The van der Waals surface area contributed by atoms with Gasteiger partial charge in [0.25, 0.3) is 0 Å². The maximum Gasteiger partial charge on any atom is 0.243 e. The van der Waals surface area contributed by atoms with Crippen molar-refractivity contribution in [2.24, 2.45) is 5.41 Å². The molecule has 0 aromatic heterocycles. The van der Waals surface area contributed by atoms with E-state index < -0.39 is 11.6 Å². The lowest BCUT2D eigenvalue weighted by atomic mass is 9.83. The molecule has 8 heteroatoms. The van der Waals surface area contributed by atoms with Crippen LogP contribution in [-0.2, 0) is 14.4 Å². The van der Waals surface area contributed by atoms with Crippen LogP contribution in [-0.4, -0.2) is 55.2 Å². The second-order valence-electron chi connectivity index (χ2n) is 5.65. The number of amides is 3. The summed E-state index contributed by atoms with van der Waals surface area (Å²) in [4.78, 5) is 34.7. The van der Waals surface area contributed by atoms with Gasteiger partial charge >= 0.3 is 0 Å². The van der Waals surface area contributed by atoms with Gasteiger partial charge in [-0.2, -0.15) is 0 Å². The summed E-state index contributed by atoms with van der Waals surface area (Å²) in [6.45, 7) is 14.5. The average molecular weight is 364 g/mol. The lowest BCUT2D eigenvalue weighted by molar-refractivity contribution is -0.117. The van der Waals surface area contributed by atoms with Crippen LogP contribution >= 0.6 is 0 Å². The quantitative estimate of drug-likeness (QED) is 0.160. The molecule has 0 radical (unpaired) electrons. The predicted molar refractivity (Wildman–Crippen MR) is 101 cm³/mol. The SMILES string of the molecule is C=CC(=O)NCC(CCNC(O)C=C)(CNC(=O)C=C)CNC(=O)C=C. The Hall–Kier alpha value is -2.71. The van der Waals surface area contributed by atoms with Crippen molar-refractivity contribution in [1.29, 1.82) is 0 Å². The molecule has 26 heavy (non-hydrogen) atoms. The first kappa shape index (κ1) is 23.3. The molecule has 0 bridgehead atoms. The fourth-order valence-corrected chi connectivity index (χ4v) is 2.06. The lowest BCUT2D eigenvalue weighted by Crippen LogP contribution is -2.52. The topological polar surface area (TPSA) is 120 Å². The Kier molecular flexibility index (Phi) is 11.3. The number of aliphatic hydroxyl groups is 1. The summed E-state index contributed by atoms with van der Waals surface area (Å²) in [5.41, 5.74) is -0.718. The van der Waals surface area contributed by atoms with E-state index in [4.69, 9.17) is 0 Å². The maximum atomic E-state index is 11.6. The molecule has 3 amide bonds. The fourth-order valence-electron chi connectivity index (χ4n) is 2.06. The largest absolute Gasteiger partial charge is 0.375 e. The highest BCUT2D eigenvalue weighted by molar-refractivity contribution is 5.88. The van der Waals surface area contributed by atoms with Gasteiger partial charge in [0, 0.05) is 25.0 Å². The molecule has 0 aliphatic carbocycles. The third kappa shape index (κ3) is 9.55. The minimum absolute atomic E-state index is 0.165. The highest BCUT2D eigenvalue weighted by Crippen LogP contribution is 2.20. The van der Waals surface area contributed by atoms with E-state index in [0.29, 0.717) is 13.0 Å². The molecule has 1 unspecified atom stereocenters. The molecule has 0 fully saturated rings. The van der Waals surface area contributed by atoms with Gasteiger partial charge in [0.15, 0.2) is 0 Å². The monoisotopic (exact) mass is 364 g/mol. The van der Waals surface area contributed by atoms with Crippen molar-refractivity contribution in [3.05, 3.63) is 50.6 Å². The van der Waals surface area contributed by atoms with Crippen LogP contribution in [0.3, 0.4) is 0 Å². The van der Waals surface area contributed by atoms with Gasteiger partial charge in [0.2, 0.25) is 17.7 Å². The number of hydrogen-bond acceptors (Lipinski definition) is 5. The lowest BCUT2D eigenvalue weighted by Gasteiger charge is -2.34. The van der Waals surface area contributed by atoms with Crippen LogP contribution in [0, 0.1) is 5.41 Å². The van der Waals surface area contributed by atoms with E-state index in [9.17, 15) is 19.5 Å². The molecule has 0 aliphatic rings. The van der Waals surface area contributed by atoms with Crippen molar-refractivity contribution in [1.82, 2.24) is 21.3 Å². The molecular weight excluding hydrogens is 336 g/mol. The molecule has 0 rings (SSSR count). The first-order valence-corrected chi connectivity index (χ1v) is 8.07. The van der Waals surface area contributed by atoms with E-state index in [-0.39, 0.29) is 37.4 Å². The third-order valence-electron chi connectivity index (χ3n) is 3.70. The fraction of sp³-hybridized carbons (Fsp3) is 0.389. The zero-order chi connectivity index (χ0) is 20.0. The Balaban J connectivity index is 5.28. The summed E-state index contributed by atoms with van der Waals surface area (Å²) in [6.07, 6.45) is 4.27. The average Bonchev–Trinajstić information content (AvgIpc) is 2.67. The minimum Gasteiger partial charge on any atom is -0.375 e. The molecule has 5 N–H and O–H groups in total. The predicted octanol–water partition coefficient (Wildman–Crippen LogP) is -0.636. The van der Waals surface area contributed by atoms with E-state index in [1.54, 1.807) is 0 Å². The number of carbonyl (C=O) groups is 3. The number of rotatable bonds is 14. The molecule has 0 heterocycles. The zero-order valence-corrected chi connectivity index (χ0v) is 14.9. The van der Waals surface area contributed by atoms with Gasteiger partial charge in [0.1, 0.15) is 6.23 Å². The summed E-state index contributed by atoms with van der Waals surface area (Å²) >= 11 is 0. The van der Waals surface area contributed by atoms with Crippen molar-refractivity contribution < 1.29 is 19.5 Å². The van der Waals surface area contributed by atoms with Gasteiger partial charge in [-0.3, -0.25) is 19.7 Å². The summed E-state index contributed by atoms with van der Waals surface area (Å²) in [5, 5.41) is 20.4. The summed E-state index contributed by atoms with van der Waals surface area (Å²) in [5.74, 6) is -1.13. The summed E-state index contributed by atoms with van der Waals surface area (Å²) < 4.78 is 0. The maximum absolute atomic E-state index is 11.6. The normalized spacial score (nSPS) is 11.6. The van der Waals surface area contributed by atoms with Gasteiger partial charge < -0.3 is 21.1 Å². The van der Waals surface area contributed by atoms with E-state index in [1.165, 1.54) is 6.08 Å². The minimum atomic E-state index is -0.888. The Bertz CT molecular complexity index is 485. The van der Waals surface area contributed by atoms with Crippen LogP contribution in [0.1, 0.15) is 6.42 Å². The number of nitrogens with one attached hydrogen (secondary N) is 4. The van der Waals surface area contributed by atoms with E-state index in [1.807, 2.05) is 0 Å². The van der Waals surface area contributed by atoms with Gasteiger partial charge in [-0.1, -0.05) is 26.3 Å². The molecule has 8 nitrogen and oxygen atoms in total. The number of carbonyl (C=O) groups excluding carboxylic acids is 3.